The molecule has 1 aromatic carbocycles. The number of benzene rings is 1. The topological polar surface area (TPSA) is 73.9 Å². The van der Waals surface area contributed by atoms with Gasteiger partial charge in [0, 0.05) is 12.5 Å². The lowest BCUT2D eigenvalue weighted by Crippen LogP contribution is -2.40. The molecule has 1 fully saturated rings. The first-order valence-corrected chi connectivity index (χ1v) is 8.74. The Balaban J connectivity index is 1.78. The van der Waals surface area contributed by atoms with Gasteiger partial charge in [0.1, 0.15) is 0 Å². The van der Waals surface area contributed by atoms with Gasteiger partial charge in [0.05, 0.1) is 14.2 Å². The summed E-state index contributed by atoms with van der Waals surface area (Å²) in [6, 6.07) is 5.74. The van der Waals surface area contributed by atoms with Gasteiger partial charge in [-0.15, -0.1) is 0 Å². The van der Waals surface area contributed by atoms with Crippen LogP contribution in [0.4, 0.5) is 0 Å². The molecule has 2 rings (SSSR count). The Bertz CT molecular complexity index is 595. The van der Waals surface area contributed by atoms with Gasteiger partial charge >= 0.3 is 5.97 Å². The van der Waals surface area contributed by atoms with Crippen molar-refractivity contribution in [3.63, 3.8) is 0 Å². The van der Waals surface area contributed by atoms with Crippen molar-refractivity contribution in [2.75, 3.05) is 14.2 Å². The third kappa shape index (κ3) is 5.66. The molecule has 138 valence electrons. The minimum absolute atomic E-state index is 0.205. The molecule has 0 bridgehead atoms. The summed E-state index contributed by atoms with van der Waals surface area (Å²) >= 11 is 0. The molecule has 1 aliphatic rings. The van der Waals surface area contributed by atoms with Crippen LogP contribution in [-0.2, 0) is 20.7 Å². The second-order valence-electron chi connectivity index (χ2n) is 6.31. The monoisotopic (exact) mass is 349 g/mol. The van der Waals surface area contributed by atoms with E-state index >= 15 is 0 Å². The van der Waals surface area contributed by atoms with E-state index < -0.39 is 6.10 Å². The Morgan fingerprint density at radius 3 is 2.48 bits per heavy atom. The van der Waals surface area contributed by atoms with Crippen LogP contribution in [-0.4, -0.2) is 38.2 Å². The number of carbonyl (C=O) groups excluding carboxylic acids is 2. The van der Waals surface area contributed by atoms with E-state index in [1.54, 1.807) is 27.2 Å². The molecule has 0 saturated heterocycles. The van der Waals surface area contributed by atoms with Crippen LogP contribution in [0.25, 0.3) is 0 Å². The van der Waals surface area contributed by atoms with Crippen LogP contribution in [0.15, 0.2) is 18.2 Å². The Kier molecular flexibility index (Phi) is 7.10. The second kappa shape index (κ2) is 9.30. The number of amides is 1. The lowest BCUT2D eigenvalue weighted by atomic mass is 10.1. The van der Waals surface area contributed by atoms with Gasteiger partial charge < -0.3 is 19.5 Å². The number of ether oxygens (including phenoxy) is 3. The fourth-order valence-electron chi connectivity index (χ4n) is 2.98. The fraction of sp³-hybridized carbons (Fsp3) is 0.579. The number of methoxy groups -OCH3 is 2. The third-order valence-electron chi connectivity index (χ3n) is 4.44. The number of nitrogens with one attached hydrogen (secondary N) is 1. The van der Waals surface area contributed by atoms with Crippen molar-refractivity contribution in [2.45, 2.75) is 57.6 Å². The first-order valence-electron chi connectivity index (χ1n) is 8.74. The molecule has 1 N–H and O–H groups in total. The Hall–Kier alpha value is -2.24. The van der Waals surface area contributed by atoms with Crippen molar-refractivity contribution >= 4 is 11.9 Å². The third-order valence-corrected chi connectivity index (χ3v) is 4.44. The second-order valence-corrected chi connectivity index (χ2v) is 6.31. The summed E-state index contributed by atoms with van der Waals surface area (Å²) < 4.78 is 15.7. The summed E-state index contributed by atoms with van der Waals surface area (Å²) in [5, 5.41) is 2.94. The van der Waals surface area contributed by atoms with Crippen molar-refractivity contribution in [1.29, 1.82) is 0 Å². The van der Waals surface area contributed by atoms with Gasteiger partial charge in [-0.3, -0.25) is 9.59 Å². The molecule has 1 amide bonds. The zero-order valence-corrected chi connectivity index (χ0v) is 15.2. The fourth-order valence-corrected chi connectivity index (χ4v) is 2.98. The van der Waals surface area contributed by atoms with Crippen LogP contribution in [0.5, 0.6) is 11.5 Å². The van der Waals surface area contributed by atoms with Crippen LogP contribution in [0.2, 0.25) is 0 Å². The van der Waals surface area contributed by atoms with Crippen molar-refractivity contribution in [3.8, 4) is 11.5 Å². The predicted octanol–water partition coefficient (Wildman–Crippen LogP) is 2.63. The largest absolute Gasteiger partial charge is 0.493 e. The highest BCUT2D eigenvalue weighted by molar-refractivity contribution is 5.83. The number of esters is 1. The maximum absolute atomic E-state index is 12.0. The molecule has 0 aromatic heterocycles. The zero-order valence-electron chi connectivity index (χ0n) is 15.2. The van der Waals surface area contributed by atoms with Crippen molar-refractivity contribution in [2.24, 2.45) is 0 Å². The average Bonchev–Trinajstić information content (AvgIpc) is 3.12. The standard InChI is InChI=1S/C19H27NO5/c1-13(19(22)20-15-6-4-5-7-15)25-18(21)11-9-14-8-10-16(23-2)17(12-14)24-3/h8,10,12-13,15H,4-7,9,11H2,1-3H3,(H,20,22). The molecule has 1 saturated carbocycles. The molecule has 0 spiro atoms. The summed E-state index contributed by atoms with van der Waals surface area (Å²) in [5.74, 6) is 0.666. The first-order chi connectivity index (χ1) is 12.0. The maximum Gasteiger partial charge on any atom is 0.306 e. The van der Waals surface area contributed by atoms with E-state index in [2.05, 4.69) is 5.32 Å². The smallest absolute Gasteiger partial charge is 0.306 e. The number of rotatable bonds is 8. The van der Waals surface area contributed by atoms with Gasteiger partial charge in [0.2, 0.25) is 0 Å². The molecular formula is C19H27NO5. The van der Waals surface area contributed by atoms with Crippen LogP contribution in [0.1, 0.15) is 44.6 Å². The number of carbonyl (C=O) groups is 2. The molecular weight excluding hydrogens is 322 g/mol. The Morgan fingerprint density at radius 2 is 1.84 bits per heavy atom. The van der Waals surface area contributed by atoms with Crippen LogP contribution < -0.4 is 14.8 Å². The van der Waals surface area contributed by atoms with Crippen molar-refractivity contribution in [3.05, 3.63) is 23.8 Å². The zero-order chi connectivity index (χ0) is 18.2. The summed E-state index contributed by atoms with van der Waals surface area (Å²) in [7, 11) is 3.15. The van der Waals surface area contributed by atoms with Crippen molar-refractivity contribution in [1.82, 2.24) is 5.32 Å². The highest BCUT2D eigenvalue weighted by Crippen LogP contribution is 2.28. The van der Waals surface area contributed by atoms with E-state index in [9.17, 15) is 9.59 Å². The molecule has 1 aliphatic carbocycles. The SMILES string of the molecule is COc1ccc(CCC(=O)OC(C)C(=O)NC2CCCC2)cc1OC. The molecule has 0 heterocycles. The lowest BCUT2D eigenvalue weighted by Gasteiger charge is -2.17. The van der Waals surface area contributed by atoms with E-state index in [0.717, 1.165) is 31.2 Å². The van der Waals surface area contributed by atoms with Gasteiger partial charge in [-0.25, -0.2) is 0 Å². The molecule has 6 heteroatoms. The molecule has 0 radical (unpaired) electrons. The number of hydrogen-bond acceptors (Lipinski definition) is 5. The summed E-state index contributed by atoms with van der Waals surface area (Å²) in [6.45, 7) is 1.61. The van der Waals surface area contributed by atoms with Gasteiger partial charge in [-0.1, -0.05) is 18.9 Å². The Labute approximate surface area is 148 Å². The number of hydrogen-bond donors (Lipinski definition) is 1. The Morgan fingerprint density at radius 1 is 1.16 bits per heavy atom. The van der Waals surface area contributed by atoms with Gasteiger partial charge in [0.25, 0.3) is 5.91 Å². The molecule has 1 atom stereocenters. The van der Waals surface area contributed by atoms with E-state index in [-0.39, 0.29) is 24.3 Å². The minimum Gasteiger partial charge on any atom is -0.493 e. The van der Waals surface area contributed by atoms with Crippen LogP contribution in [0, 0.1) is 0 Å². The lowest BCUT2D eigenvalue weighted by molar-refractivity contribution is -0.155. The summed E-state index contributed by atoms with van der Waals surface area (Å²) in [4.78, 5) is 24.0. The van der Waals surface area contributed by atoms with Crippen molar-refractivity contribution < 1.29 is 23.8 Å². The van der Waals surface area contributed by atoms with E-state index in [4.69, 9.17) is 14.2 Å². The normalized spacial score (nSPS) is 15.5. The van der Waals surface area contributed by atoms with E-state index in [1.807, 2.05) is 12.1 Å². The van der Waals surface area contributed by atoms with E-state index in [1.165, 1.54) is 0 Å². The molecule has 1 unspecified atom stereocenters. The van der Waals surface area contributed by atoms with Gasteiger partial charge in [-0.2, -0.15) is 0 Å². The quantitative estimate of drug-likeness (QED) is 0.730. The molecule has 0 aliphatic heterocycles. The minimum atomic E-state index is -0.765. The predicted molar refractivity (Wildman–Crippen MR) is 93.8 cm³/mol. The van der Waals surface area contributed by atoms with Crippen LogP contribution >= 0.6 is 0 Å². The first kappa shape index (κ1) is 19.1. The molecule has 6 nitrogen and oxygen atoms in total. The number of aryl methyl sites for hydroxylation is 1. The maximum atomic E-state index is 12.0. The van der Waals surface area contributed by atoms with Crippen LogP contribution in [0.3, 0.4) is 0 Å². The molecule has 25 heavy (non-hydrogen) atoms. The highest BCUT2D eigenvalue weighted by Gasteiger charge is 2.22. The molecule has 1 aromatic rings. The van der Waals surface area contributed by atoms with Gasteiger partial charge in [-0.05, 0) is 43.9 Å². The summed E-state index contributed by atoms with van der Waals surface area (Å²) in [5.41, 5.74) is 0.942. The average molecular weight is 349 g/mol. The van der Waals surface area contributed by atoms with Gasteiger partial charge in [0.15, 0.2) is 17.6 Å². The van der Waals surface area contributed by atoms with E-state index in [0.29, 0.717) is 17.9 Å². The summed E-state index contributed by atoms with van der Waals surface area (Å²) in [6.07, 6.45) is 4.25. The highest BCUT2D eigenvalue weighted by atomic mass is 16.5.